The second-order valence-corrected chi connectivity index (χ2v) is 10.0. The molecule has 2 aromatic heterocycles. The van der Waals surface area contributed by atoms with E-state index in [9.17, 15) is 14.4 Å². The van der Waals surface area contributed by atoms with Crippen LogP contribution in [0.5, 0.6) is 0 Å². The number of thiazole rings is 1. The molecular weight excluding hydrogens is 466 g/mol. The first-order valence-electron chi connectivity index (χ1n) is 10.0. The first-order valence-corrected chi connectivity index (χ1v) is 12.8. The zero-order valence-electron chi connectivity index (χ0n) is 17.1. The molecule has 0 saturated carbocycles. The van der Waals surface area contributed by atoms with Crippen molar-refractivity contribution >= 4 is 57.2 Å². The van der Waals surface area contributed by atoms with E-state index in [1.165, 1.54) is 34.4 Å². The molecule has 0 atom stereocenters. The molecule has 2 amide bonds. The lowest BCUT2D eigenvalue weighted by atomic mass is 9.95. The largest absolute Gasteiger partial charge is 0.452 e. The maximum Gasteiger partial charge on any atom is 0.339 e. The molecule has 166 valence electrons. The highest BCUT2D eigenvalue weighted by Gasteiger charge is 2.25. The van der Waals surface area contributed by atoms with Gasteiger partial charge in [-0.05, 0) is 43.4 Å². The van der Waals surface area contributed by atoms with Crippen LogP contribution in [0.3, 0.4) is 0 Å². The SMILES string of the molecule is NC(=O)c1c(NC(=O)COC(=O)c2ccccc2SCc2cscn2)sc2c1CCCC2. The predicted molar refractivity (Wildman–Crippen MR) is 127 cm³/mol. The van der Waals surface area contributed by atoms with E-state index < -0.39 is 24.4 Å². The first-order chi connectivity index (χ1) is 15.5. The lowest BCUT2D eigenvalue weighted by Crippen LogP contribution is -2.23. The number of nitrogens with zero attached hydrogens (tertiary/aromatic N) is 1. The number of carbonyl (C=O) groups is 3. The van der Waals surface area contributed by atoms with E-state index in [4.69, 9.17) is 10.5 Å². The van der Waals surface area contributed by atoms with Crippen LogP contribution in [0.15, 0.2) is 40.1 Å². The fraction of sp³-hybridized carbons (Fsp3) is 0.273. The number of amides is 2. The third kappa shape index (κ3) is 5.20. The van der Waals surface area contributed by atoms with Crippen LogP contribution in [0.25, 0.3) is 0 Å². The van der Waals surface area contributed by atoms with Crippen LogP contribution >= 0.6 is 34.4 Å². The van der Waals surface area contributed by atoms with E-state index in [-0.39, 0.29) is 0 Å². The van der Waals surface area contributed by atoms with Crippen molar-refractivity contribution in [3.8, 4) is 0 Å². The molecule has 0 fully saturated rings. The van der Waals surface area contributed by atoms with Gasteiger partial charge in [-0.15, -0.1) is 34.4 Å². The summed E-state index contributed by atoms with van der Waals surface area (Å²) in [6.45, 7) is -0.454. The van der Waals surface area contributed by atoms with Gasteiger partial charge in [0, 0.05) is 20.9 Å². The molecule has 0 bridgehead atoms. The number of fused-ring (bicyclic) bond motifs is 1. The van der Waals surface area contributed by atoms with Crippen LogP contribution in [0.1, 0.15) is 49.7 Å². The number of carbonyl (C=O) groups excluding carboxylic acids is 3. The van der Waals surface area contributed by atoms with E-state index in [1.807, 2.05) is 17.5 Å². The second kappa shape index (κ2) is 10.3. The zero-order chi connectivity index (χ0) is 22.5. The van der Waals surface area contributed by atoms with Crippen LogP contribution in [-0.2, 0) is 28.1 Å². The van der Waals surface area contributed by atoms with Gasteiger partial charge in [0.1, 0.15) is 5.00 Å². The van der Waals surface area contributed by atoms with Gasteiger partial charge in [-0.3, -0.25) is 9.59 Å². The maximum atomic E-state index is 12.6. The Labute approximate surface area is 197 Å². The minimum Gasteiger partial charge on any atom is -0.452 e. The number of anilines is 1. The van der Waals surface area contributed by atoms with Gasteiger partial charge < -0.3 is 15.8 Å². The molecule has 1 aromatic carbocycles. The van der Waals surface area contributed by atoms with E-state index in [1.54, 1.807) is 17.6 Å². The predicted octanol–water partition coefficient (Wildman–Crippen LogP) is 4.27. The quantitative estimate of drug-likeness (QED) is 0.363. The Morgan fingerprint density at radius 1 is 1.19 bits per heavy atom. The minimum absolute atomic E-state index is 0.383. The number of hydrogen-bond donors (Lipinski definition) is 2. The van der Waals surface area contributed by atoms with Crippen LogP contribution in [0.2, 0.25) is 0 Å². The monoisotopic (exact) mass is 487 g/mol. The van der Waals surface area contributed by atoms with Crippen molar-refractivity contribution in [2.75, 3.05) is 11.9 Å². The number of nitrogens with two attached hydrogens (primary N) is 1. The molecule has 3 N–H and O–H groups in total. The van der Waals surface area contributed by atoms with Gasteiger partial charge in [0.2, 0.25) is 0 Å². The highest BCUT2D eigenvalue weighted by molar-refractivity contribution is 7.98. The van der Waals surface area contributed by atoms with Crippen LogP contribution < -0.4 is 11.1 Å². The second-order valence-electron chi connectivity index (χ2n) is 7.17. The summed E-state index contributed by atoms with van der Waals surface area (Å²) in [5.74, 6) is -1.01. The highest BCUT2D eigenvalue weighted by Crippen LogP contribution is 2.37. The summed E-state index contributed by atoms with van der Waals surface area (Å²) >= 11 is 4.38. The van der Waals surface area contributed by atoms with Crippen LogP contribution in [0, 0.1) is 0 Å². The van der Waals surface area contributed by atoms with Crippen molar-refractivity contribution in [2.24, 2.45) is 5.73 Å². The molecular formula is C22H21N3O4S3. The minimum atomic E-state index is -0.581. The lowest BCUT2D eigenvalue weighted by molar-refractivity contribution is -0.119. The number of rotatable bonds is 8. The molecule has 0 spiro atoms. The number of aryl methyl sites for hydroxylation is 1. The van der Waals surface area contributed by atoms with Gasteiger partial charge in [0.05, 0.1) is 22.3 Å². The van der Waals surface area contributed by atoms with Gasteiger partial charge >= 0.3 is 5.97 Å². The summed E-state index contributed by atoms with van der Waals surface area (Å²) in [5, 5.41) is 5.10. The van der Waals surface area contributed by atoms with E-state index in [0.29, 0.717) is 21.9 Å². The molecule has 0 aliphatic heterocycles. The Morgan fingerprint density at radius 2 is 2.00 bits per heavy atom. The lowest BCUT2D eigenvalue weighted by Gasteiger charge is -2.11. The third-order valence-electron chi connectivity index (χ3n) is 4.97. The summed E-state index contributed by atoms with van der Waals surface area (Å²) in [6, 6.07) is 7.10. The fourth-order valence-electron chi connectivity index (χ4n) is 3.51. The third-order valence-corrected chi connectivity index (χ3v) is 7.92. The summed E-state index contributed by atoms with van der Waals surface area (Å²) in [5.41, 5.74) is 9.98. The Kier molecular flexibility index (Phi) is 7.23. The normalized spacial score (nSPS) is 12.8. The smallest absolute Gasteiger partial charge is 0.339 e. The number of esters is 1. The van der Waals surface area contributed by atoms with Gasteiger partial charge in [-0.25, -0.2) is 9.78 Å². The Bertz CT molecular complexity index is 1140. The highest BCUT2D eigenvalue weighted by atomic mass is 32.2. The number of ether oxygens (including phenoxy) is 1. The molecule has 4 rings (SSSR count). The zero-order valence-corrected chi connectivity index (χ0v) is 19.5. The number of primary amides is 1. The number of nitrogens with one attached hydrogen (secondary N) is 1. The summed E-state index contributed by atoms with van der Waals surface area (Å²) < 4.78 is 5.25. The van der Waals surface area contributed by atoms with Crippen LogP contribution in [0.4, 0.5) is 5.00 Å². The Balaban J connectivity index is 1.38. The van der Waals surface area contributed by atoms with Crippen molar-refractivity contribution in [1.29, 1.82) is 0 Å². The molecule has 2 heterocycles. The average Bonchev–Trinajstić information content (AvgIpc) is 3.43. The molecule has 3 aromatic rings. The van der Waals surface area contributed by atoms with Crippen molar-refractivity contribution in [2.45, 2.75) is 36.3 Å². The number of thioether (sulfide) groups is 1. The van der Waals surface area contributed by atoms with Gasteiger partial charge in [0.15, 0.2) is 6.61 Å². The van der Waals surface area contributed by atoms with Gasteiger partial charge in [-0.2, -0.15) is 0 Å². The summed E-state index contributed by atoms with van der Waals surface area (Å²) in [4.78, 5) is 43.1. The standard InChI is InChI=1S/C22H21N3O4S3/c23-20(27)19-14-5-1-4-8-17(14)32-21(19)25-18(26)9-29-22(28)15-6-2-3-7-16(15)31-11-13-10-30-12-24-13/h2-3,6-7,10,12H,1,4-5,8-9,11H2,(H2,23,27)(H,25,26). The fourth-order valence-corrected chi connectivity index (χ4v) is 6.43. The topological polar surface area (TPSA) is 111 Å². The summed E-state index contributed by atoms with van der Waals surface area (Å²) in [6.07, 6.45) is 3.70. The molecule has 32 heavy (non-hydrogen) atoms. The molecule has 0 unspecified atom stereocenters. The van der Waals surface area contributed by atoms with E-state index >= 15 is 0 Å². The van der Waals surface area contributed by atoms with Gasteiger partial charge in [-0.1, -0.05) is 12.1 Å². The molecule has 0 saturated heterocycles. The number of hydrogen-bond acceptors (Lipinski definition) is 8. The Morgan fingerprint density at radius 3 is 2.78 bits per heavy atom. The Hall–Kier alpha value is -2.69. The van der Waals surface area contributed by atoms with Crippen molar-refractivity contribution in [1.82, 2.24) is 4.98 Å². The summed E-state index contributed by atoms with van der Waals surface area (Å²) in [7, 11) is 0. The van der Waals surface area contributed by atoms with Crippen molar-refractivity contribution < 1.29 is 19.1 Å². The molecule has 1 aliphatic carbocycles. The maximum absolute atomic E-state index is 12.6. The van der Waals surface area contributed by atoms with E-state index in [2.05, 4.69) is 10.3 Å². The first kappa shape index (κ1) is 22.5. The number of aromatic nitrogens is 1. The molecule has 7 nitrogen and oxygen atoms in total. The van der Waals surface area contributed by atoms with E-state index in [0.717, 1.165) is 46.7 Å². The number of benzene rings is 1. The molecule has 10 heteroatoms. The van der Waals surface area contributed by atoms with Crippen molar-refractivity contribution in [3.63, 3.8) is 0 Å². The average molecular weight is 488 g/mol. The van der Waals surface area contributed by atoms with Crippen molar-refractivity contribution in [3.05, 3.63) is 62.4 Å². The molecule has 1 aliphatic rings. The van der Waals surface area contributed by atoms with Gasteiger partial charge in [0.25, 0.3) is 11.8 Å². The molecule has 0 radical (unpaired) electrons. The number of thiophene rings is 1. The van der Waals surface area contributed by atoms with Crippen LogP contribution in [-0.4, -0.2) is 29.4 Å².